The Morgan fingerprint density at radius 1 is 1.32 bits per heavy atom. The van der Waals surface area contributed by atoms with Crippen LogP contribution < -0.4 is 5.32 Å². The van der Waals surface area contributed by atoms with Crippen molar-refractivity contribution in [3.05, 3.63) is 35.4 Å². The maximum absolute atomic E-state index is 13.0. The molecule has 3 amide bonds. The summed E-state index contributed by atoms with van der Waals surface area (Å²) in [4.78, 5) is 27.2. The maximum Gasteiger partial charge on any atom is 0.416 e. The van der Waals surface area contributed by atoms with Crippen LogP contribution in [0.2, 0.25) is 0 Å². The molecule has 1 saturated carbocycles. The van der Waals surface area contributed by atoms with Gasteiger partial charge in [-0.05, 0) is 37.8 Å². The van der Waals surface area contributed by atoms with Crippen molar-refractivity contribution < 1.29 is 22.8 Å². The predicted molar refractivity (Wildman–Crippen MR) is 84.6 cm³/mol. The first-order valence-electron chi connectivity index (χ1n) is 8.25. The quantitative estimate of drug-likeness (QED) is 0.903. The molecule has 5 nitrogen and oxygen atoms in total. The summed E-state index contributed by atoms with van der Waals surface area (Å²) in [5.41, 5.74) is -0.549. The third kappa shape index (κ3) is 4.05. The van der Waals surface area contributed by atoms with Crippen molar-refractivity contribution in [1.82, 2.24) is 15.1 Å². The van der Waals surface area contributed by atoms with Crippen molar-refractivity contribution in [3.63, 3.8) is 0 Å². The SMILES string of the molecule is CC(Cc1ccccc1C(F)(F)F)NC(=O)N1CC(=O)N(C2CC2)C1. The third-order valence-electron chi connectivity index (χ3n) is 4.46. The minimum atomic E-state index is -4.42. The molecule has 1 N–H and O–H groups in total. The lowest BCUT2D eigenvalue weighted by atomic mass is 10.0. The molecule has 0 aromatic heterocycles. The van der Waals surface area contributed by atoms with E-state index in [1.165, 1.54) is 17.0 Å². The number of amides is 3. The van der Waals surface area contributed by atoms with Gasteiger partial charge in [0.05, 0.1) is 12.2 Å². The van der Waals surface area contributed by atoms with E-state index in [1.807, 2.05) is 0 Å². The number of nitrogens with zero attached hydrogens (tertiary/aromatic N) is 2. The fourth-order valence-electron chi connectivity index (χ4n) is 3.07. The van der Waals surface area contributed by atoms with E-state index in [2.05, 4.69) is 5.32 Å². The monoisotopic (exact) mass is 355 g/mol. The van der Waals surface area contributed by atoms with Crippen LogP contribution in [-0.4, -0.2) is 47.0 Å². The lowest BCUT2D eigenvalue weighted by molar-refractivity contribution is -0.138. The molecular formula is C17H20F3N3O2. The number of benzene rings is 1. The van der Waals surface area contributed by atoms with Crippen LogP contribution in [0.25, 0.3) is 0 Å². The van der Waals surface area contributed by atoms with Gasteiger partial charge in [-0.25, -0.2) is 4.79 Å². The van der Waals surface area contributed by atoms with Gasteiger partial charge in [0.2, 0.25) is 5.91 Å². The smallest absolute Gasteiger partial charge is 0.335 e. The molecule has 0 radical (unpaired) electrons. The summed E-state index contributed by atoms with van der Waals surface area (Å²) in [6.07, 6.45) is -2.43. The molecule has 1 aliphatic carbocycles. The van der Waals surface area contributed by atoms with Crippen molar-refractivity contribution in [2.45, 2.75) is 44.4 Å². The zero-order chi connectivity index (χ0) is 18.2. The summed E-state index contributed by atoms with van der Waals surface area (Å²) in [6, 6.07) is 4.68. The number of alkyl halides is 3. The van der Waals surface area contributed by atoms with Crippen molar-refractivity contribution in [2.24, 2.45) is 0 Å². The van der Waals surface area contributed by atoms with Crippen LogP contribution >= 0.6 is 0 Å². The summed E-state index contributed by atoms with van der Waals surface area (Å²) in [6.45, 7) is 1.93. The Morgan fingerprint density at radius 3 is 2.64 bits per heavy atom. The van der Waals surface area contributed by atoms with Gasteiger partial charge >= 0.3 is 12.2 Å². The minimum Gasteiger partial charge on any atom is -0.335 e. The number of hydrogen-bond acceptors (Lipinski definition) is 2. The van der Waals surface area contributed by atoms with E-state index in [0.29, 0.717) is 0 Å². The Morgan fingerprint density at radius 2 is 2.00 bits per heavy atom. The highest BCUT2D eigenvalue weighted by Gasteiger charge is 2.40. The number of rotatable bonds is 4. The molecule has 8 heteroatoms. The Hall–Kier alpha value is -2.25. The van der Waals surface area contributed by atoms with Gasteiger partial charge in [-0.2, -0.15) is 13.2 Å². The Balaban J connectivity index is 1.59. The van der Waals surface area contributed by atoms with Gasteiger partial charge in [0.15, 0.2) is 0 Å². The lowest BCUT2D eigenvalue weighted by Crippen LogP contribution is -2.44. The van der Waals surface area contributed by atoms with Crippen molar-refractivity contribution in [2.75, 3.05) is 13.2 Å². The second-order valence-corrected chi connectivity index (χ2v) is 6.64. The summed E-state index contributed by atoms with van der Waals surface area (Å²) in [7, 11) is 0. The highest BCUT2D eigenvalue weighted by Crippen LogP contribution is 2.32. The van der Waals surface area contributed by atoms with Crippen LogP contribution in [0, 0.1) is 0 Å². The molecule has 2 aliphatic rings. The molecule has 1 heterocycles. The fraction of sp³-hybridized carbons (Fsp3) is 0.529. The van der Waals surface area contributed by atoms with Crippen molar-refractivity contribution >= 4 is 11.9 Å². The van der Waals surface area contributed by atoms with Gasteiger partial charge in [-0.15, -0.1) is 0 Å². The maximum atomic E-state index is 13.0. The molecule has 2 fully saturated rings. The fourth-order valence-corrected chi connectivity index (χ4v) is 3.07. The molecule has 1 saturated heterocycles. The molecule has 3 rings (SSSR count). The second-order valence-electron chi connectivity index (χ2n) is 6.64. The van der Waals surface area contributed by atoms with Crippen LogP contribution in [0.1, 0.15) is 30.9 Å². The molecule has 0 spiro atoms. The Kier molecular flexibility index (Phi) is 4.62. The molecule has 1 aromatic carbocycles. The summed E-state index contributed by atoms with van der Waals surface area (Å²) < 4.78 is 39.1. The second kappa shape index (κ2) is 6.57. The first-order valence-corrected chi connectivity index (χ1v) is 8.25. The van der Waals surface area contributed by atoms with E-state index >= 15 is 0 Å². The van der Waals surface area contributed by atoms with E-state index in [0.717, 1.165) is 18.9 Å². The van der Waals surface area contributed by atoms with Crippen LogP contribution in [0.5, 0.6) is 0 Å². The zero-order valence-corrected chi connectivity index (χ0v) is 13.8. The van der Waals surface area contributed by atoms with Gasteiger partial charge in [-0.1, -0.05) is 18.2 Å². The number of halogens is 3. The largest absolute Gasteiger partial charge is 0.416 e. The van der Waals surface area contributed by atoms with Gasteiger partial charge < -0.3 is 10.2 Å². The topological polar surface area (TPSA) is 52.7 Å². The van der Waals surface area contributed by atoms with Crippen LogP contribution in [0.15, 0.2) is 24.3 Å². The van der Waals surface area contributed by atoms with Crippen LogP contribution in [-0.2, 0) is 17.4 Å². The van der Waals surface area contributed by atoms with E-state index in [9.17, 15) is 22.8 Å². The molecule has 1 atom stereocenters. The molecule has 0 bridgehead atoms. The number of nitrogens with one attached hydrogen (secondary N) is 1. The number of urea groups is 1. The zero-order valence-electron chi connectivity index (χ0n) is 13.8. The van der Waals surface area contributed by atoms with E-state index < -0.39 is 23.8 Å². The molecule has 1 aromatic rings. The van der Waals surface area contributed by atoms with Gasteiger partial charge in [-0.3, -0.25) is 9.69 Å². The Bertz CT molecular complexity index is 673. The lowest BCUT2D eigenvalue weighted by Gasteiger charge is -2.22. The van der Waals surface area contributed by atoms with E-state index in [1.54, 1.807) is 17.9 Å². The third-order valence-corrected chi connectivity index (χ3v) is 4.46. The van der Waals surface area contributed by atoms with Crippen LogP contribution in [0.3, 0.4) is 0 Å². The minimum absolute atomic E-state index is 0.0220. The first-order chi connectivity index (χ1) is 11.8. The molecule has 25 heavy (non-hydrogen) atoms. The van der Waals surface area contributed by atoms with Crippen LogP contribution in [0.4, 0.5) is 18.0 Å². The van der Waals surface area contributed by atoms with Crippen molar-refractivity contribution in [3.8, 4) is 0 Å². The normalized spacial score (nSPS) is 19.3. The molecule has 1 aliphatic heterocycles. The van der Waals surface area contributed by atoms with Gasteiger partial charge in [0, 0.05) is 12.1 Å². The summed E-state index contributed by atoms with van der Waals surface area (Å²) in [5, 5.41) is 2.69. The number of carbonyl (C=O) groups excluding carboxylic acids is 2. The average Bonchev–Trinajstić information content (AvgIpc) is 3.29. The molecule has 1 unspecified atom stereocenters. The standard InChI is InChI=1S/C17H20F3N3O2/c1-11(8-12-4-2-3-5-14(12)17(18,19)20)21-16(25)22-9-15(24)23(10-22)13-6-7-13/h2-5,11,13H,6-10H2,1H3,(H,21,25). The first kappa shape index (κ1) is 17.6. The predicted octanol–water partition coefficient (Wildman–Crippen LogP) is 2.61. The highest BCUT2D eigenvalue weighted by atomic mass is 19.4. The van der Waals surface area contributed by atoms with E-state index in [4.69, 9.17) is 0 Å². The van der Waals surface area contributed by atoms with Crippen molar-refractivity contribution in [1.29, 1.82) is 0 Å². The van der Waals surface area contributed by atoms with E-state index in [-0.39, 0.29) is 37.1 Å². The number of hydrogen-bond donors (Lipinski definition) is 1. The average molecular weight is 355 g/mol. The summed E-state index contributed by atoms with van der Waals surface area (Å²) >= 11 is 0. The van der Waals surface area contributed by atoms with Gasteiger partial charge in [0.1, 0.15) is 6.54 Å². The van der Waals surface area contributed by atoms with Gasteiger partial charge in [0.25, 0.3) is 0 Å². The molecule has 136 valence electrons. The highest BCUT2D eigenvalue weighted by molar-refractivity contribution is 5.87. The summed E-state index contributed by atoms with van der Waals surface area (Å²) in [5.74, 6) is -0.0762. The number of carbonyl (C=O) groups is 2. The Labute approximate surface area is 143 Å². The molecular weight excluding hydrogens is 335 g/mol.